The fraction of sp³-hybridized carbons (Fsp3) is 0.417. The van der Waals surface area contributed by atoms with Crippen molar-refractivity contribution in [3.8, 4) is 0 Å². The van der Waals surface area contributed by atoms with Crippen LogP contribution < -0.4 is 4.90 Å². The monoisotopic (exact) mass is 268 g/mol. The summed E-state index contributed by atoms with van der Waals surface area (Å²) in [6.07, 6.45) is 0. The van der Waals surface area contributed by atoms with Crippen molar-refractivity contribution >= 4 is 17.3 Å². The largest absolute Gasteiger partial charge is 0.478 e. The number of carboxylic acid groups (broad SMARTS) is 1. The Morgan fingerprint density at radius 2 is 2.21 bits per heavy atom. The number of anilines is 1. The van der Waals surface area contributed by atoms with Crippen LogP contribution in [0.15, 0.2) is 18.2 Å². The van der Waals surface area contributed by atoms with Crippen LogP contribution in [0.25, 0.3) is 0 Å². The Morgan fingerprint density at radius 3 is 2.68 bits per heavy atom. The molecule has 0 aromatic heterocycles. The van der Waals surface area contributed by atoms with E-state index in [9.17, 15) is 14.9 Å². The molecule has 0 spiro atoms. The van der Waals surface area contributed by atoms with Gasteiger partial charge in [-0.25, -0.2) is 4.79 Å². The van der Waals surface area contributed by atoms with Gasteiger partial charge in [0.15, 0.2) is 0 Å². The van der Waals surface area contributed by atoms with Crippen LogP contribution in [0.5, 0.6) is 0 Å². The normalized spacial score (nSPS) is 11.9. The van der Waals surface area contributed by atoms with Crippen LogP contribution in [0.3, 0.4) is 0 Å². The van der Waals surface area contributed by atoms with Crippen molar-refractivity contribution in [1.82, 2.24) is 0 Å². The van der Waals surface area contributed by atoms with E-state index < -0.39 is 10.9 Å². The molecule has 7 nitrogen and oxygen atoms in total. The number of nitrogens with zero attached hydrogens (tertiary/aromatic N) is 2. The lowest BCUT2D eigenvalue weighted by molar-refractivity contribution is -0.384. The van der Waals surface area contributed by atoms with Crippen molar-refractivity contribution in [3.63, 3.8) is 0 Å². The Morgan fingerprint density at radius 1 is 1.58 bits per heavy atom. The summed E-state index contributed by atoms with van der Waals surface area (Å²) in [4.78, 5) is 23.0. The van der Waals surface area contributed by atoms with E-state index in [4.69, 9.17) is 9.84 Å². The average Bonchev–Trinajstić information content (AvgIpc) is 2.37. The standard InChI is InChI=1S/C12H16N2O5/c1-8(7-19-3)13(2)11-6-9(12(15)16)4-5-10(11)14(17)18/h4-6,8H,7H2,1-3H3,(H,15,16). The molecule has 1 unspecified atom stereocenters. The molecule has 1 aromatic rings. The van der Waals surface area contributed by atoms with Crippen LogP contribution >= 0.6 is 0 Å². The molecule has 104 valence electrons. The van der Waals surface area contributed by atoms with Crippen LogP contribution in [0.2, 0.25) is 0 Å². The van der Waals surface area contributed by atoms with Crippen molar-refractivity contribution in [2.45, 2.75) is 13.0 Å². The van der Waals surface area contributed by atoms with Crippen LogP contribution in [-0.4, -0.2) is 42.8 Å². The molecular formula is C12H16N2O5. The molecule has 0 fully saturated rings. The second kappa shape index (κ2) is 6.14. The van der Waals surface area contributed by atoms with Crippen LogP contribution in [0.4, 0.5) is 11.4 Å². The maximum Gasteiger partial charge on any atom is 0.335 e. The van der Waals surface area contributed by atoms with Gasteiger partial charge < -0.3 is 14.7 Å². The van der Waals surface area contributed by atoms with E-state index >= 15 is 0 Å². The van der Waals surface area contributed by atoms with Gasteiger partial charge >= 0.3 is 5.97 Å². The summed E-state index contributed by atoms with van der Waals surface area (Å²) in [7, 11) is 3.20. The number of hydrogen-bond acceptors (Lipinski definition) is 5. The van der Waals surface area contributed by atoms with Gasteiger partial charge in [-0.1, -0.05) is 0 Å². The first kappa shape index (κ1) is 14.9. The van der Waals surface area contributed by atoms with E-state index in [0.717, 1.165) is 0 Å². The summed E-state index contributed by atoms with van der Waals surface area (Å²) >= 11 is 0. The molecule has 0 saturated heterocycles. The van der Waals surface area contributed by atoms with Gasteiger partial charge in [-0.15, -0.1) is 0 Å². The molecule has 7 heteroatoms. The van der Waals surface area contributed by atoms with Crippen LogP contribution in [0, 0.1) is 10.1 Å². The lowest BCUT2D eigenvalue weighted by Crippen LogP contribution is -2.33. The predicted molar refractivity (Wildman–Crippen MR) is 69.8 cm³/mol. The Balaban J connectivity index is 3.24. The second-order valence-corrected chi connectivity index (χ2v) is 4.18. The van der Waals surface area contributed by atoms with Gasteiger partial charge in [0.25, 0.3) is 5.69 Å². The average molecular weight is 268 g/mol. The molecule has 1 N–H and O–H groups in total. The molecule has 0 aliphatic carbocycles. The molecular weight excluding hydrogens is 252 g/mol. The minimum Gasteiger partial charge on any atom is -0.478 e. The third-order valence-electron chi connectivity index (χ3n) is 2.87. The fourth-order valence-corrected chi connectivity index (χ4v) is 1.68. The van der Waals surface area contributed by atoms with Crippen molar-refractivity contribution in [2.24, 2.45) is 0 Å². The summed E-state index contributed by atoms with van der Waals surface area (Å²) in [5, 5.41) is 19.9. The van der Waals surface area contributed by atoms with Crippen molar-refractivity contribution < 1.29 is 19.6 Å². The summed E-state index contributed by atoms with van der Waals surface area (Å²) < 4.78 is 5.00. The number of methoxy groups -OCH3 is 1. The lowest BCUT2D eigenvalue weighted by Gasteiger charge is -2.26. The van der Waals surface area contributed by atoms with E-state index in [1.807, 2.05) is 6.92 Å². The summed E-state index contributed by atoms with van der Waals surface area (Å²) in [6, 6.07) is 3.60. The second-order valence-electron chi connectivity index (χ2n) is 4.18. The van der Waals surface area contributed by atoms with Gasteiger partial charge in [-0.05, 0) is 19.1 Å². The van der Waals surface area contributed by atoms with Crippen molar-refractivity contribution in [3.05, 3.63) is 33.9 Å². The highest BCUT2D eigenvalue weighted by Crippen LogP contribution is 2.29. The Labute approximate surface area is 110 Å². The zero-order valence-electron chi connectivity index (χ0n) is 11.0. The molecule has 1 aromatic carbocycles. The van der Waals surface area contributed by atoms with E-state index in [-0.39, 0.29) is 23.0 Å². The SMILES string of the molecule is COCC(C)N(C)c1cc(C(=O)O)ccc1[N+](=O)[O-]. The predicted octanol–water partition coefficient (Wildman–Crippen LogP) is 1.76. The highest BCUT2D eigenvalue weighted by atomic mass is 16.6. The molecule has 1 rings (SSSR count). The number of nitro benzene ring substituents is 1. The number of aromatic carboxylic acids is 1. The molecule has 0 bridgehead atoms. The topological polar surface area (TPSA) is 92.9 Å². The molecule has 0 amide bonds. The van der Waals surface area contributed by atoms with E-state index in [0.29, 0.717) is 6.61 Å². The van der Waals surface area contributed by atoms with Crippen molar-refractivity contribution in [2.75, 3.05) is 25.7 Å². The minimum atomic E-state index is -1.12. The molecule has 0 heterocycles. The van der Waals surface area contributed by atoms with E-state index in [1.54, 1.807) is 11.9 Å². The smallest absolute Gasteiger partial charge is 0.335 e. The van der Waals surface area contributed by atoms with Gasteiger partial charge in [-0.3, -0.25) is 10.1 Å². The van der Waals surface area contributed by atoms with Crippen LogP contribution in [0.1, 0.15) is 17.3 Å². The van der Waals surface area contributed by atoms with Gasteiger partial charge in [0.2, 0.25) is 0 Å². The number of ether oxygens (including phenoxy) is 1. The Bertz CT molecular complexity index is 489. The number of likely N-dealkylation sites (N-methyl/N-ethyl adjacent to an activating group) is 1. The Hall–Kier alpha value is -2.15. The van der Waals surface area contributed by atoms with E-state index in [1.165, 1.54) is 25.3 Å². The third kappa shape index (κ3) is 3.41. The molecule has 19 heavy (non-hydrogen) atoms. The number of hydrogen-bond donors (Lipinski definition) is 1. The van der Waals surface area contributed by atoms with Crippen molar-refractivity contribution in [1.29, 1.82) is 0 Å². The molecule has 0 radical (unpaired) electrons. The van der Waals surface area contributed by atoms with Gasteiger partial charge in [0.1, 0.15) is 5.69 Å². The molecule has 1 atom stereocenters. The zero-order chi connectivity index (χ0) is 14.6. The van der Waals surface area contributed by atoms with Gasteiger partial charge in [-0.2, -0.15) is 0 Å². The number of carbonyl (C=O) groups is 1. The quantitative estimate of drug-likeness (QED) is 0.624. The lowest BCUT2D eigenvalue weighted by atomic mass is 10.1. The first-order valence-corrected chi connectivity index (χ1v) is 5.62. The maximum absolute atomic E-state index is 11.0. The number of benzene rings is 1. The first-order valence-electron chi connectivity index (χ1n) is 5.62. The highest BCUT2D eigenvalue weighted by molar-refractivity contribution is 5.90. The number of nitro groups is 1. The fourth-order valence-electron chi connectivity index (χ4n) is 1.68. The van der Waals surface area contributed by atoms with E-state index in [2.05, 4.69) is 0 Å². The molecule has 0 saturated carbocycles. The molecule has 0 aliphatic rings. The molecule has 0 aliphatic heterocycles. The first-order chi connectivity index (χ1) is 8.88. The Kier molecular flexibility index (Phi) is 4.82. The summed E-state index contributed by atoms with van der Waals surface area (Å²) in [5.41, 5.74) is 0.141. The third-order valence-corrected chi connectivity index (χ3v) is 2.87. The number of carboxylic acids is 1. The zero-order valence-corrected chi connectivity index (χ0v) is 11.0. The highest BCUT2D eigenvalue weighted by Gasteiger charge is 2.22. The van der Waals surface area contributed by atoms with Gasteiger partial charge in [0.05, 0.1) is 17.1 Å². The van der Waals surface area contributed by atoms with Gasteiger partial charge in [0, 0.05) is 26.3 Å². The maximum atomic E-state index is 11.0. The summed E-state index contributed by atoms with van der Waals surface area (Å²) in [5.74, 6) is -1.12. The summed E-state index contributed by atoms with van der Waals surface area (Å²) in [6.45, 7) is 2.21. The van der Waals surface area contributed by atoms with Crippen LogP contribution in [-0.2, 0) is 4.74 Å². The number of rotatable bonds is 6. The minimum absolute atomic E-state index is 0.0112.